The monoisotopic (exact) mass is 346 g/mol. The van der Waals surface area contributed by atoms with Gasteiger partial charge in [0.2, 0.25) is 5.91 Å². The molecule has 1 N–H and O–H groups in total. The molecule has 2 aromatic rings. The number of rotatable bonds is 2. The number of fused-ring (bicyclic) bond motifs is 1. The Balaban J connectivity index is 0.00000176. The summed E-state index contributed by atoms with van der Waals surface area (Å²) in [7, 11) is 0. The van der Waals surface area contributed by atoms with Gasteiger partial charge in [-0.2, -0.15) is 8.75 Å². The number of non-ortho nitro benzene ring substituents is 1. The standard InChI is InChI=1S/C10H5N5O4S2.Na/c16-7-3-6(20)11-10(17)14(7)4-1-2-5(15(18)19)9-8(4)12-21-13-9;/h1-2H,3H2,(H,11,17,20);. The number of imide groups is 1. The maximum absolute atomic E-state index is 12.0. The van der Waals surface area contributed by atoms with Crippen molar-refractivity contribution in [2.75, 3.05) is 4.90 Å². The Hall–Kier alpha value is -1.53. The number of aromatic nitrogens is 2. The van der Waals surface area contributed by atoms with Crippen molar-refractivity contribution in [3.63, 3.8) is 0 Å². The summed E-state index contributed by atoms with van der Waals surface area (Å²) in [5.41, 5.74) is 0.0824. The third-order valence-corrected chi connectivity index (χ3v) is 3.60. The smallest absolute Gasteiger partial charge is 0.301 e. The van der Waals surface area contributed by atoms with Crippen molar-refractivity contribution in [1.82, 2.24) is 14.1 Å². The largest absolute Gasteiger partial charge is 0.333 e. The average Bonchev–Trinajstić information content (AvgIpc) is 2.86. The van der Waals surface area contributed by atoms with E-state index < -0.39 is 16.9 Å². The van der Waals surface area contributed by atoms with E-state index in [1.807, 2.05) is 0 Å². The van der Waals surface area contributed by atoms with E-state index in [9.17, 15) is 19.7 Å². The predicted molar refractivity (Wildman–Crippen MR) is 83.1 cm³/mol. The van der Waals surface area contributed by atoms with Crippen LogP contribution in [0.3, 0.4) is 0 Å². The Kier molecular flexibility index (Phi) is 4.82. The topological polar surface area (TPSA) is 118 Å². The number of urea groups is 1. The second kappa shape index (κ2) is 6.30. The summed E-state index contributed by atoms with van der Waals surface area (Å²) >= 11 is 5.57. The first-order valence-electron chi connectivity index (χ1n) is 5.55. The minimum Gasteiger partial charge on any atom is -0.301 e. The Morgan fingerprint density at radius 2 is 2.00 bits per heavy atom. The van der Waals surface area contributed by atoms with Gasteiger partial charge in [0.1, 0.15) is 5.52 Å². The number of nitrogens with one attached hydrogen (secondary N) is 1. The molecule has 3 amide bonds. The van der Waals surface area contributed by atoms with Crippen LogP contribution in [-0.2, 0) is 4.79 Å². The predicted octanol–water partition coefficient (Wildman–Crippen LogP) is 0.992. The van der Waals surface area contributed by atoms with Crippen molar-refractivity contribution < 1.29 is 14.5 Å². The van der Waals surface area contributed by atoms with Crippen LogP contribution in [0.15, 0.2) is 12.1 Å². The molecule has 9 nitrogen and oxygen atoms in total. The Morgan fingerprint density at radius 1 is 1.32 bits per heavy atom. The summed E-state index contributed by atoms with van der Waals surface area (Å²) in [4.78, 5) is 35.3. The van der Waals surface area contributed by atoms with Crippen molar-refractivity contribution in [3.8, 4) is 0 Å². The van der Waals surface area contributed by atoms with Gasteiger partial charge >= 0.3 is 6.03 Å². The third-order valence-electron chi connectivity index (χ3n) is 2.82. The molecule has 0 atom stereocenters. The fourth-order valence-corrected chi connectivity index (χ4v) is 2.74. The molecule has 1 saturated heterocycles. The summed E-state index contributed by atoms with van der Waals surface area (Å²) in [5, 5.41) is 13.3. The summed E-state index contributed by atoms with van der Waals surface area (Å²) in [6, 6.07) is 1.78. The summed E-state index contributed by atoms with van der Waals surface area (Å²) in [6.07, 6.45) is -0.114. The van der Waals surface area contributed by atoms with Crippen LogP contribution in [0.4, 0.5) is 16.2 Å². The summed E-state index contributed by atoms with van der Waals surface area (Å²) in [5.74, 6) is -0.521. The number of anilines is 1. The first kappa shape index (κ1) is 16.8. The van der Waals surface area contributed by atoms with Crippen LogP contribution in [0.5, 0.6) is 0 Å². The molecule has 1 fully saturated rings. The van der Waals surface area contributed by atoms with Gasteiger partial charge in [0.25, 0.3) is 5.69 Å². The number of nitro benzene ring substituents is 1. The molecule has 107 valence electrons. The molecule has 0 unspecified atom stereocenters. The minimum atomic E-state index is -0.709. The number of hydrogen-bond acceptors (Lipinski definition) is 8. The van der Waals surface area contributed by atoms with Crippen LogP contribution < -0.4 is 10.2 Å². The van der Waals surface area contributed by atoms with E-state index in [0.29, 0.717) is 0 Å². The van der Waals surface area contributed by atoms with Gasteiger partial charge in [-0.15, -0.1) is 0 Å². The van der Waals surface area contributed by atoms with Gasteiger partial charge in [0.05, 0.1) is 33.7 Å². The molecule has 0 aliphatic carbocycles. The number of carbonyl (C=O) groups excluding carboxylic acids is 2. The van der Waals surface area contributed by atoms with E-state index in [1.54, 1.807) is 0 Å². The van der Waals surface area contributed by atoms with Crippen molar-refractivity contribution in [2.45, 2.75) is 6.42 Å². The second-order valence-corrected chi connectivity index (χ2v) is 5.10. The molecular weight excluding hydrogens is 341 g/mol. The molecule has 1 aliphatic rings. The van der Waals surface area contributed by atoms with E-state index >= 15 is 0 Å². The summed E-state index contributed by atoms with van der Waals surface area (Å²) in [6.45, 7) is 0. The molecule has 3 rings (SSSR count). The van der Waals surface area contributed by atoms with Crippen LogP contribution in [0, 0.1) is 10.1 Å². The van der Waals surface area contributed by atoms with Gasteiger partial charge in [-0.1, -0.05) is 12.2 Å². The first-order chi connectivity index (χ1) is 9.99. The van der Waals surface area contributed by atoms with E-state index in [2.05, 4.69) is 14.1 Å². The van der Waals surface area contributed by atoms with Crippen LogP contribution in [-0.4, -0.2) is 60.2 Å². The van der Waals surface area contributed by atoms with Crippen LogP contribution >= 0.6 is 23.9 Å². The molecule has 12 heteroatoms. The van der Waals surface area contributed by atoms with Gasteiger partial charge < -0.3 is 5.32 Å². The molecule has 22 heavy (non-hydrogen) atoms. The average molecular weight is 346 g/mol. The van der Waals surface area contributed by atoms with E-state index in [1.165, 1.54) is 12.1 Å². The number of amides is 3. The minimum absolute atomic E-state index is 0. The molecule has 2 heterocycles. The van der Waals surface area contributed by atoms with Gasteiger partial charge in [0, 0.05) is 35.6 Å². The number of hydrogen-bond donors (Lipinski definition) is 1. The fraction of sp³-hybridized carbons (Fsp3) is 0.100. The normalized spacial score (nSPS) is 14.7. The van der Waals surface area contributed by atoms with E-state index in [-0.39, 0.29) is 63.4 Å². The van der Waals surface area contributed by atoms with Crippen molar-refractivity contribution in [3.05, 3.63) is 22.2 Å². The van der Waals surface area contributed by atoms with E-state index in [4.69, 9.17) is 12.2 Å². The van der Waals surface area contributed by atoms with Crippen LogP contribution in [0.2, 0.25) is 0 Å². The van der Waals surface area contributed by atoms with Gasteiger partial charge in [0.15, 0.2) is 5.52 Å². The van der Waals surface area contributed by atoms with Crippen molar-refractivity contribution in [2.24, 2.45) is 0 Å². The Bertz CT molecular complexity index is 803. The maximum Gasteiger partial charge on any atom is 0.333 e. The molecule has 0 bridgehead atoms. The van der Waals surface area contributed by atoms with Gasteiger partial charge in [-0.05, 0) is 6.07 Å². The zero-order chi connectivity index (χ0) is 15.1. The number of nitro groups is 1. The third kappa shape index (κ3) is 2.73. The molecule has 0 saturated carbocycles. The van der Waals surface area contributed by atoms with Crippen molar-refractivity contribution >= 4 is 92.8 Å². The fourth-order valence-electron chi connectivity index (χ4n) is 1.96. The Labute approximate surface area is 154 Å². The Morgan fingerprint density at radius 3 is 2.64 bits per heavy atom. The van der Waals surface area contributed by atoms with Crippen LogP contribution in [0.1, 0.15) is 6.42 Å². The van der Waals surface area contributed by atoms with Gasteiger partial charge in [-0.3, -0.25) is 14.9 Å². The first-order valence-corrected chi connectivity index (χ1v) is 6.69. The number of thiocarbonyl (C=S) groups is 1. The summed E-state index contributed by atoms with van der Waals surface area (Å²) < 4.78 is 7.80. The molecule has 1 aliphatic heterocycles. The molecule has 0 spiro atoms. The van der Waals surface area contributed by atoms with Crippen molar-refractivity contribution in [1.29, 1.82) is 0 Å². The SMILES string of the molecule is O=C1CC(=S)NC(=O)N1c1ccc([N+](=O)[O-])c2nsnc12.[Na]. The van der Waals surface area contributed by atoms with Crippen LogP contribution in [0.25, 0.3) is 11.0 Å². The number of benzene rings is 1. The number of nitrogens with zero attached hydrogens (tertiary/aromatic N) is 4. The van der Waals surface area contributed by atoms with Gasteiger partial charge in [-0.25, -0.2) is 9.69 Å². The zero-order valence-electron chi connectivity index (χ0n) is 11.1. The maximum atomic E-state index is 12.0. The molecule has 1 radical (unpaired) electrons. The second-order valence-electron chi connectivity index (χ2n) is 4.08. The molecule has 1 aromatic heterocycles. The molecular formula is C10H5N5NaO4S2. The zero-order valence-corrected chi connectivity index (χ0v) is 14.7. The number of carbonyl (C=O) groups is 2. The molecule has 1 aromatic carbocycles. The quantitative estimate of drug-likeness (QED) is 0.373. The van der Waals surface area contributed by atoms with E-state index in [0.717, 1.165) is 16.6 Å².